The van der Waals surface area contributed by atoms with Crippen LogP contribution in [0.1, 0.15) is 58.8 Å². The molecule has 1 fully saturated rings. The summed E-state index contributed by atoms with van der Waals surface area (Å²) >= 11 is 0. The molecule has 1 saturated carbocycles. The minimum absolute atomic E-state index is 0.335. The molecule has 0 aliphatic heterocycles. The molecule has 1 aliphatic rings. The zero-order valence-electron chi connectivity index (χ0n) is 10.6. The fourth-order valence-corrected chi connectivity index (χ4v) is 3.04. The van der Waals surface area contributed by atoms with E-state index in [4.69, 9.17) is 5.73 Å². The van der Waals surface area contributed by atoms with E-state index in [0.29, 0.717) is 5.54 Å². The Balaban J connectivity index is 2.69. The van der Waals surface area contributed by atoms with Crippen LogP contribution in [-0.2, 0) is 0 Å². The fraction of sp³-hybridized carbons (Fsp3) is 1.00. The van der Waals surface area contributed by atoms with Gasteiger partial charge in [-0.25, -0.2) is 0 Å². The third-order valence-corrected chi connectivity index (χ3v) is 3.96. The molecule has 1 aliphatic carbocycles. The van der Waals surface area contributed by atoms with E-state index < -0.39 is 0 Å². The van der Waals surface area contributed by atoms with Gasteiger partial charge in [0, 0.05) is 12.1 Å². The van der Waals surface area contributed by atoms with Gasteiger partial charge in [0.05, 0.1) is 0 Å². The Morgan fingerprint density at radius 2 is 1.67 bits per heavy atom. The van der Waals surface area contributed by atoms with E-state index in [1.807, 2.05) is 0 Å². The first-order valence-electron chi connectivity index (χ1n) is 6.74. The molecule has 0 radical (unpaired) electrons. The molecule has 90 valence electrons. The van der Waals surface area contributed by atoms with Crippen molar-refractivity contribution in [1.82, 2.24) is 4.90 Å². The number of nitrogens with two attached hydrogens (primary N) is 1. The first kappa shape index (κ1) is 13.0. The Kier molecular flexibility index (Phi) is 5.62. The van der Waals surface area contributed by atoms with Gasteiger partial charge in [-0.3, -0.25) is 4.90 Å². The molecule has 0 aromatic rings. The van der Waals surface area contributed by atoms with Crippen LogP contribution in [0, 0.1) is 0 Å². The Labute approximate surface area is 95.2 Å². The Hall–Kier alpha value is -0.0800. The Morgan fingerprint density at radius 1 is 1.07 bits per heavy atom. The molecule has 2 nitrogen and oxygen atoms in total. The van der Waals surface area contributed by atoms with E-state index in [1.54, 1.807) is 0 Å². The summed E-state index contributed by atoms with van der Waals surface area (Å²) in [6, 6.07) is 0. The van der Waals surface area contributed by atoms with Crippen molar-refractivity contribution in [2.45, 2.75) is 64.3 Å². The van der Waals surface area contributed by atoms with Crippen LogP contribution in [-0.4, -0.2) is 30.1 Å². The highest BCUT2D eigenvalue weighted by atomic mass is 15.2. The van der Waals surface area contributed by atoms with Gasteiger partial charge in [-0.2, -0.15) is 0 Å². The van der Waals surface area contributed by atoms with E-state index in [-0.39, 0.29) is 0 Å². The van der Waals surface area contributed by atoms with Crippen molar-refractivity contribution in [2.75, 3.05) is 19.6 Å². The molecule has 2 N–H and O–H groups in total. The zero-order chi connectivity index (χ0) is 11.1. The SMILES string of the molecule is CCCN(CC)C1(CN)CCCCCC1. The summed E-state index contributed by atoms with van der Waals surface area (Å²) in [7, 11) is 0. The highest BCUT2D eigenvalue weighted by Crippen LogP contribution is 2.31. The predicted molar refractivity (Wildman–Crippen MR) is 67.0 cm³/mol. The smallest absolute Gasteiger partial charge is 0.0331 e. The third-order valence-electron chi connectivity index (χ3n) is 3.96. The lowest BCUT2D eigenvalue weighted by Gasteiger charge is -2.42. The van der Waals surface area contributed by atoms with Gasteiger partial charge >= 0.3 is 0 Å². The van der Waals surface area contributed by atoms with Gasteiger partial charge < -0.3 is 5.73 Å². The standard InChI is InChI=1S/C13H28N2/c1-3-11-15(4-2)13(12-14)9-7-5-6-8-10-13/h3-12,14H2,1-2H3. The van der Waals surface area contributed by atoms with Crippen LogP contribution >= 0.6 is 0 Å². The maximum absolute atomic E-state index is 6.07. The normalized spacial score (nSPS) is 21.6. The summed E-state index contributed by atoms with van der Waals surface area (Å²) in [6.07, 6.45) is 9.44. The number of nitrogens with zero attached hydrogens (tertiary/aromatic N) is 1. The molecule has 15 heavy (non-hydrogen) atoms. The lowest BCUT2D eigenvalue weighted by Crippen LogP contribution is -2.53. The molecule has 0 bridgehead atoms. The summed E-state index contributed by atoms with van der Waals surface area (Å²) in [5, 5.41) is 0. The first-order chi connectivity index (χ1) is 7.29. The van der Waals surface area contributed by atoms with Crippen LogP contribution in [0.25, 0.3) is 0 Å². The van der Waals surface area contributed by atoms with Gasteiger partial charge in [0.2, 0.25) is 0 Å². The van der Waals surface area contributed by atoms with Gasteiger partial charge in [-0.1, -0.05) is 39.5 Å². The Bertz CT molecular complexity index is 160. The van der Waals surface area contributed by atoms with Crippen molar-refractivity contribution in [2.24, 2.45) is 5.73 Å². The first-order valence-corrected chi connectivity index (χ1v) is 6.74. The van der Waals surface area contributed by atoms with Crippen molar-refractivity contribution in [3.05, 3.63) is 0 Å². The summed E-state index contributed by atoms with van der Waals surface area (Å²) in [4.78, 5) is 2.64. The summed E-state index contributed by atoms with van der Waals surface area (Å²) in [5.74, 6) is 0. The van der Waals surface area contributed by atoms with E-state index in [9.17, 15) is 0 Å². The van der Waals surface area contributed by atoms with Crippen LogP contribution < -0.4 is 5.73 Å². The van der Waals surface area contributed by atoms with Gasteiger partial charge in [0.15, 0.2) is 0 Å². The average Bonchev–Trinajstić information content (AvgIpc) is 2.52. The summed E-state index contributed by atoms with van der Waals surface area (Å²) < 4.78 is 0. The van der Waals surface area contributed by atoms with Crippen molar-refractivity contribution >= 4 is 0 Å². The predicted octanol–water partition coefficient (Wildman–Crippen LogP) is 2.77. The van der Waals surface area contributed by atoms with Gasteiger partial charge in [-0.15, -0.1) is 0 Å². The monoisotopic (exact) mass is 212 g/mol. The number of hydrogen-bond acceptors (Lipinski definition) is 2. The zero-order valence-corrected chi connectivity index (χ0v) is 10.6. The Morgan fingerprint density at radius 3 is 2.07 bits per heavy atom. The number of rotatable bonds is 5. The largest absolute Gasteiger partial charge is 0.329 e. The minimum Gasteiger partial charge on any atom is -0.329 e. The molecule has 1 rings (SSSR count). The molecule has 0 aromatic carbocycles. The molecule has 0 atom stereocenters. The van der Waals surface area contributed by atoms with E-state index in [1.165, 1.54) is 51.5 Å². The molecular weight excluding hydrogens is 184 g/mol. The quantitative estimate of drug-likeness (QED) is 0.710. The topological polar surface area (TPSA) is 29.3 Å². The maximum Gasteiger partial charge on any atom is 0.0331 e. The second kappa shape index (κ2) is 6.49. The van der Waals surface area contributed by atoms with E-state index >= 15 is 0 Å². The van der Waals surface area contributed by atoms with E-state index in [2.05, 4.69) is 18.7 Å². The molecule has 2 heteroatoms. The third kappa shape index (κ3) is 3.18. The highest BCUT2D eigenvalue weighted by Gasteiger charge is 2.34. The van der Waals surface area contributed by atoms with Crippen molar-refractivity contribution in [1.29, 1.82) is 0 Å². The maximum atomic E-state index is 6.07. The molecule has 0 spiro atoms. The van der Waals surface area contributed by atoms with Crippen LogP contribution in [0.2, 0.25) is 0 Å². The van der Waals surface area contributed by atoms with Crippen LogP contribution in [0.4, 0.5) is 0 Å². The highest BCUT2D eigenvalue weighted by molar-refractivity contribution is 4.92. The van der Waals surface area contributed by atoms with Gasteiger partial charge in [0.25, 0.3) is 0 Å². The van der Waals surface area contributed by atoms with E-state index in [0.717, 1.165) is 13.1 Å². The number of hydrogen-bond donors (Lipinski definition) is 1. The number of likely N-dealkylation sites (N-methyl/N-ethyl adjacent to an activating group) is 1. The molecule has 0 heterocycles. The van der Waals surface area contributed by atoms with Crippen LogP contribution in [0.15, 0.2) is 0 Å². The second-order valence-electron chi connectivity index (χ2n) is 4.92. The van der Waals surface area contributed by atoms with Crippen LogP contribution in [0.5, 0.6) is 0 Å². The van der Waals surface area contributed by atoms with Crippen molar-refractivity contribution in [3.63, 3.8) is 0 Å². The summed E-state index contributed by atoms with van der Waals surface area (Å²) in [5.41, 5.74) is 6.41. The molecule has 0 amide bonds. The lowest BCUT2D eigenvalue weighted by molar-refractivity contribution is 0.0836. The minimum atomic E-state index is 0.335. The average molecular weight is 212 g/mol. The van der Waals surface area contributed by atoms with Gasteiger partial charge in [-0.05, 0) is 32.4 Å². The van der Waals surface area contributed by atoms with Crippen LogP contribution in [0.3, 0.4) is 0 Å². The van der Waals surface area contributed by atoms with Crippen molar-refractivity contribution in [3.8, 4) is 0 Å². The molecule has 0 unspecified atom stereocenters. The van der Waals surface area contributed by atoms with Crippen molar-refractivity contribution < 1.29 is 0 Å². The molecule has 0 saturated heterocycles. The summed E-state index contributed by atoms with van der Waals surface area (Å²) in [6.45, 7) is 7.76. The molecule has 0 aromatic heterocycles. The second-order valence-corrected chi connectivity index (χ2v) is 4.92. The lowest BCUT2D eigenvalue weighted by atomic mass is 9.88. The van der Waals surface area contributed by atoms with Gasteiger partial charge in [0.1, 0.15) is 0 Å². The molecular formula is C13H28N2. The fourth-order valence-electron chi connectivity index (χ4n) is 3.04.